The molecule has 4 heteroatoms. The summed E-state index contributed by atoms with van der Waals surface area (Å²) in [7, 11) is 1.72. The molecule has 1 fully saturated rings. The molecule has 0 radical (unpaired) electrons. The molecular formula is C15H30N2O2. The predicted octanol–water partition coefficient (Wildman–Crippen LogP) is 2.24. The third-order valence-corrected chi connectivity index (χ3v) is 4.23. The number of ether oxygens (including phenoxy) is 1. The third kappa shape index (κ3) is 4.18. The summed E-state index contributed by atoms with van der Waals surface area (Å²) in [4.78, 5) is 14.5. The highest BCUT2D eigenvalue weighted by Crippen LogP contribution is 2.27. The third-order valence-electron chi connectivity index (χ3n) is 4.23. The van der Waals surface area contributed by atoms with Crippen molar-refractivity contribution in [2.75, 3.05) is 20.3 Å². The van der Waals surface area contributed by atoms with Gasteiger partial charge in [-0.3, -0.25) is 10.1 Å². The molecule has 1 aliphatic heterocycles. The molecule has 0 aromatic rings. The lowest BCUT2D eigenvalue weighted by molar-refractivity contribution is -0.132. The highest BCUT2D eigenvalue weighted by Gasteiger charge is 2.40. The first-order chi connectivity index (χ1) is 8.82. The molecule has 1 saturated heterocycles. The Morgan fingerprint density at radius 2 is 2.11 bits per heavy atom. The van der Waals surface area contributed by atoms with Gasteiger partial charge in [0.05, 0.1) is 12.2 Å². The maximum absolute atomic E-state index is 12.5. The summed E-state index contributed by atoms with van der Waals surface area (Å²) in [5.74, 6) is 0.648. The van der Waals surface area contributed by atoms with Crippen LogP contribution in [0.2, 0.25) is 0 Å². The molecule has 0 aromatic heterocycles. The van der Waals surface area contributed by atoms with Gasteiger partial charge in [0.1, 0.15) is 0 Å². The standard InChI is InChI=1S/C15H30N2O2/c1-7-11(2)13-14(18)17(12(3)16-13)10-15(4,5)8-9-19-6/h11-13,16H,7-10H2,1-6H3. The van der Waals surface area contributed by atoms with Crippen molar-refractivity contribution >= 4 is 5.91 Å². The van der Waals surface area contributed by atoms with Crippen LogP contribution < -0.4 is 5.32 Å². The van der Waals surface area contributed by atoms with E-state index in [2.05, 4.69) is 39.9 Å². The molecule has 1 aliphatic rings. The summed E-state index contributed by atoms with van der Waals surface area (Å²) in [6, 6.07) is -0.0155. The molecule has 4 nitrogen and oxygen atoms in total. The van der Waals surface area contributed by atoms with Crippen LogP contribution in [-0.2, 0) is 9.53 Å². The van der Waals surface area contributed by atoms with Crippen molar-refractivity contribution in [2.24, 2.45) is 11.3 Å². The molecule has 1 amide bonds. The molecule has 19 heavy (non-hydrogen) atoms. The van der Waals surface area contributed by atoms with Gasteiger partial charge in [-0.15, -0.1) is 0 Å². The van der Waals surface area contributed by atoms with Crippen molar-refractivity contribution in [1.29, 1.82) is 0 Å². The van der Waals surface area contributed by atoms with E-state index in [9.17, 15) is 4.79 Å². The van der Waals surface area contributed by atoms with E-state index in [4.69, 9.17) is 4.74 Å². The van der Waals surface area contributed by atoms with Gasteiger partial charge in [0.15, 0.2) is 0 Å². The lowest BCUT2D eigenvalue weighted by Crippen LogP contribution is -2.42. The number of hydrogen-bond donors (Lipinski definition) is 1. The molecule has 0 aromatic carbocycles. The molecule has 0 aliphatic carbocycles. The molecule has 1 heterocycles. The van der Waals surface area contributed by atoms with Crippen molar-refractivity contribution in [3.8, 4) is 0 Å². The van der Waals surface area contributed by atoms with Gasteiger partial charge in [0.25, 0.3) is 0 Å². The second-order valence-electron chi connectivity index (χ2n) is 6.58. The Hall–Kier alpha value is -0.610. The highest BCUT2D eigenvalue weighted by molar-refractivity contribution is 5.84. The summed E-state index contributed by atoms with van der Waals surface area (Å²) in [5, 5.41) is 3.43. The Morgan fingerprint density at radius 1 is 1.47 bits per heavy atom. The predicted molar refractivity (Wildman–Crippen MR) is 77.8 cm³/mol. The molecule has 0 saturated carbocycles. The van der Waals surface area contributed by atoms with E-state index in [1.807, 2.05) is 4.90 Å². The fraction of sp³-hybridized carbons (Fsp3) is 0.933. The number of rotatable bonds is 7. The maximum atomic E-state index is 12.5. The summed E-state index contributed by atoms with van der Waals surface area (Å²) in [5.41, 5.74) is 0.0892. The molecule has 3 atom stereocenters. The van der Waals surface area contributed by atoms with Gasteiger partial charge in [-0.2, -0.15) is 0 Å². The summed E-state index contributed by atoms with van der Waals surface area (Å²) >= 11 is 0. The number of carbonyl (C=O) groups excluding carboxylic acids is 1. The number of methoxy groups -OCH3 is 1. The van der Waals surface area contributed by atoms with Crippen molar-refractivity contribution in [3.05, 3.63) is 0 Å². The van der Waals surface area contributed by atoms with Crippen LogP contribution in [0.25, 0.3) is 0 Å². The number of amides is 1. The van der Waals surface area contributed by atoms with Crippen molar-refractivity contribution < 1.29 is 9.53 Å². The SMILES string of the molecule is CCC(C)C1NC(C)N(CC(C)(C)CCOC)C1=O. The van der Waals surface area contributed by atoms with Gasteiger partial charge in [0, 0.05) is 20.3 Å². The molecule has 1 rings (SSSR count). The zero-order valence-electron chi connectivity index (χ0n) is 13.3. The lowest BCUT2D eigenvalue weighted by atomic mass is 9.88. The van der Waals surface area contributed by atoms with E-state index in [0.717, 1.165) is 26.0 Å². The van der Waals surface area contributed by atoms with Crippen LogP contribution in [0.5, 0.6) is 0 Å². The molecule has 1 N–H and O–H groups in total. The number of hydrogen-bond acceptors (Lipinski definition) is 3. The first-order valence-corrected chi connectivity index (χ1v) is 7.38. The first-order valence-electron chi connectivity index (χ1n) is 7.38. The quantitative estimate of drug-likeness (QED) is 0.771. The second kappa shape index (κ2) is 6.71. The topological polar surface area (TPSA) is 41.6 Å². The summed E-state index contributed by atoms with van der Waals surface area (Å²) in [6.07, 6.45) is 2.12. The number of nitrogens with one attached hydrogen (secondary N) is 1. The maximum Gasteiger partial charge on any atom is 0.241 e. The second-order valence-corrected chi connectivity index (χ2v) is 6.58. The Labute approximate surface area is 117 Å². The molecular weight excluding hydrogens is 240 g/mol. The van der Waals surface area contributed by atoms with Gasteiger partial charge in [0.2, 0.25) is 5.91 Å². The average molecular weight is 270 g/mol. The highest BCUT2D eigenvalue weighted by atomic mass is 16.5. The van der Waals surface area contributed by atoms with E-state index in [0.29, 0.717) is 5.92 Å². The Balaban J connectivity index is 2.65. The Morgan fingerprint density at radius 3 is 2.63 bits per heavy atom. The van der Waals surface area contributed by atoms with Crippen LogP contribution in [0.15, 0.2) is 0 Å². The number of carbonyl (C=O) groups is 1. The van der Waals surface area contributed by atoms with Gasteiger partial charge in [-0.1, -0.05) is 34.1 Å². The fourth-order valence-electron chi connectivity index (χ4n) is 2.57. The van der Waals surface area contributed by atoms with E-state index in [-0.39, 0.29) is 23.5 Å². The molecule has 112 valence electrons. The van der Waals surface area contributed by atoms with Crippen LogP contribution in [0.1, 0.15) is 47.5 Å². The normalized spacial score (nSPS) is 26.0. The van der Waals surface area contributed by atoms with Crippen LogP contribution in [0.3, 0.4) is 0 Å². The summed E-state index contributed by atoms with van der Waals surface area (Å²) in [6.45, 7) is 12.3. The first kappa shape index (κ1) is 16.4. The minimum absolute atomic E-state index is 0.0155. The van der Waals surface area contributed by atoms with Gasteiger partial charge >= 0.3 is 0 Å². The monoisotopic (exact) mass is 270 g/mol. The van der Waals surface area contributed by atoms with Gasteiger partial charge in [-0.25, -0.2) is 0 Å². The summed E-state index contributed by atoms with van der Waals surface area (Å²) < 4.78 is 5.15. The fourth-order valence-corrected chi connectivity index (χ4v) is 2.57. The van der Waals surface area contributed by atoms with Gasteiger partial charge in [-0.05, 0) is 24.7 Å². The minimum Gasteiger partial charge on any atom is -0.385 e. The molecule has 0 spiro atoms. The largest absolute Gasteiger partial charge is 0.385 e. The van der Waals surface area contributed by atoms with Crippen molar-refractivity contribution in [3.63, 3.8) is 0 Å². The molecule has 3 unspecified atom stereocenters. The minimum atomic E-state index is -0.0155. The van der Waals surface area contributed by atoms with Crippen molar-refractivity contribution in [1.82, 2.24) is 10.2 Å². The molecule has 0 bridgehead atoms. The Kier molecular flexibility index (Phi) is 5.81. The zero-order chi connectivity index (χ0) is 14.6. The van der Waals surface area contributed by atoms with E-state index in [1.54, 1.807) is 7.11 Å². The van der Waals surface area contributed by atoms with E-state index < -0.39 is 0 Å². The smallest absolute Gasteiger partial charge is 0.241 e. The van der Waals surface area contributed by atoms with Crippen LogP contribution in [-0.4, -0.2) is 43.3 Å². The Bertz CT molecular complexity index is 305. The number of nitrogens with zero attached hydrogens (tertiary/aromatic N) is 1. The average Bonchev–Trinajstić information content (AvgIpc) is 2.63. The van der Waals surface area contributed by atoms with Crippen LogP contribution >= 0.6 is 0 Å². The lowest BCUT2D eigenvalue weighted by Gasteiger charge is -2.32. The van der Waals surface area contributed by atoms with Crippen LogP contribution in [0, 0.1) is 11.3 Å². The zero-order valence-corrected chi connectivity index (χ0v) is 13.3. The van der Waals surface area contributed by atoms with E-state index >= 15 is 0 Å². The van der Waals surface area contributed by atoms with Crippen molar-refractivity contribution in [2.45, 2.75) is 59.7 Å². The van der Waals surface area contributed by atoms with Crippen LogP contribution in [0.4, 0.5) is 0 Å². The van der Waals surface area contributed by atoms with E-state index in [1.165, 1.54) is 0 Å². The van der Waals surface area contributed by atoms with Gasteiger partial charge < -0.3 is 9.64 Å².